The molecule has 0 spiro atoms. The molecule has 2 unspecified atom stereocenters. The zero-order valence-electron chi connectivity index (χ0n) is 11.9. The second-order valence-corrected chi connectivity index (χ2v) is 6.85. The van der Waals surface area contributed by atoms with Crippen molar-refractivity contribution in [1.82, 2.24) is 10.2 Å². The van der Waals surface area contributed by atoms with Gasteiger partial charge in [-0.2, -0.15) is 0 Å². The number of hydrogen-bond acceptors (Lipinski definition) is 2. The molecule has 1 aliphatic heterocycles. The van der Waals surface area contributed by atoms with Crippen molar-refractivity contribution < 1.29 is 4.39 Å². The minimum absolute atomic E-state index is 0.160. The number of nitrogens with zero attached hydrogens (tertiary/aromatic N) is 1. The molecule has 1 saturated heterocycles. The zero-order chi connectivity index (χ0) is 14.1. The number of nitrogens with one attached hydrogen (secondary N) is 1. The fourth-order valence-corrected chi connectivity index (χ4v) is 3.58. The third-order valence-corrected chi connectivity index (χ3v) is 5.49. The fraction of sp³-hybridized carbons (Fsp3) is 0.625. The number of piperazine rings is 1. The van der Waals surface area contributed by atoms with Crippen LogP contribution in [0, 0.1) is 11.7 Å². The SMILES string of the molecule is CCC1CN(Cc2cccc(F)c2Br)C(C2CC2)CN1. The molecule has 2 fully saturated rings. The standard InChI is InChI=1S/C16H22BrFN2/c1-2-13-10-20(15(8-19-13)11-6-7-11)9-12-4-3-5-14(18)16(12)17/h3-5,11,13,15,19H,2,6-10H2,1H3. The highest BCUT2D eigenvalue weighted by Crippen LogP contribution is 2.37. The Bertz CT molecular complexity index is 476. The summed E-state index contributed by atoms with van der Waals surface area (Å²) in [6.07, 6.45) is 3.85. The van der Waals surface area contributed by atoms with Gasteiger partial charge in [-0.15, -0.1) is 0 Å². The molecule has 1 heterocycles. The van der Waals surface area contributed by atoms with Gasteiger partial charge in [-0.1, -0.05) is 19.1 Å². The lowest BCUT2D eigenvalue weighted by Crippen LogP contribution is -2.56. The molecule has 0 radical (unpaired) electrons. The van der Waals surface area contributed by atoms with Crippen LogP contribution >= 0.6 is 15.9 Å². The summed E-state index contributed by atoms with van der Waals surface area (Å²) in [5, 5.41) is 3.65. The minimum Gasteiger partial charge on any atom is -0.311 e. The summed E-state index contributed by atoms with van der Waals surface area (Å²) in [6, 6.07) is 6.53. The molecule has 0 bridgehead atoms. The van der Waals surface area contributed by atoms with Crippen LogP contribution in [0.3, 0.4) is 0 Å². The third-order valence-electron chi connectivity index (χ3n) is 4.60. The van der Waals surface area contributed by atoms with E-state index in [4.69, 9.17) is 0 Å². The fourth-order valence-electron chi connectivity index (χ4n) is 3.19. The second-order valence-electron chi connectivity index (χ2n) is 6.06. The van der Waals surface area contributed by atoms with Gasteiger partial charge in [-0.25, -0.2) is 4.39 Å². The average molecular weight is 341 g/mol. The van der Waals surface area contributed by atoms with Gasteiger partial charge < -0.3 is 5.32 Å². The number of rotatable bonds is 4. The van der Waals surface area contributed by atoms with Crippen molar-refractivity contribution in [3.63, 3.8) is 0 Å². The van der Waals surface area contributed by atoms with E-state index >= 15 is 0 Å². The van der Waals surface area contributed by atoms with Crippen molar-refractivity contribution in [3.05, 3.63) is 34.1 Å². The van der Waals surface area contributed by atoms with Crippen LogP contribution in [0.4, 0.5) is 4.39 Å². The van der Waals surface area contributed by atoms with E-state index in [1.807, 2.05) is 6.07 Å². The maximum atomic E-state index is 13.7. The molecule has 20 heavy (non-hydrogen) atoms. The maximum absolute atomic E-state index is 13.7. The zero-order valence-corrected chi connectivity index (χ0v) is 13.5. The van der Waals surface area contributed by atoms with Crippen LogP contribution in [-0.2, 0) is 6.54 Å². The van der Waals surface area contributed by atoms with Gasteiger partial charge in [0.25, 0.3) is 0 Å². The van der Waals surface area contributed by atoms with E-state index in [1.165, 1.54) is 18.9 Å². The molecule has 2 aliphatic rings. The van der Waals surface area contributed by atoms with Crippen LogP contribution in [0.25, 0.3) is 0 Å². The summed E-state index contributed by atoms with van der Waals surface area (Å²) in [7, 11) is 0. The monoisotopic (exact) mass is 340 g/mol. The molecule has 2 atom stereocenters. The van der Waals surface area contributed by atoms with Crippen molar-refractivity contribution >= 4 is 15.9 Å². The summed E-state index contributed by atoms with van der Waals surface area (Å²) in [4.78, 5) is 2.56. The van der Waals surface area contributed by atoms with Gasteiger partial charge in [-0.05, 0) is 52.7 Å². The molecule has 1 N–H and O–H groups in total. The lowest BCUT2D eigenvalue weighted by Gasteiger charge is -2.40. The molecule has 1 aliphatic carbocycles. The van der Waals surface area contributed by atoms with Crippen molar-refractivity contribution in [2.75, 3.05) is 13.1 Å². The molecular weight excluding hydrogens is 319 g/mol. The van der Waals surface area contributed by atoms with Crippen LogP contribution in [0.15, 0.2) is 22.7 Å². The van der Waals surface area contributed by atoms with Gasteiger partial charge in [0, 0.05) is 31.7 Å². The van der Waals surface area contributed by atoms with Gasteiger partial charge >= 0.3 is 0 Å². The molecule has 1 aromatic carbocycles. The summed E-state index contributed by atoms with van der Waals surface area (Å²) in [5.41, 5.74) is 1.06. The number of benzene rings is 1. The highest BCUT2D eigenvalue weighted by molar-refractivity contribution is 9.10. The molecule has 2 nitrogen and oxygen atoms in total. The number of halogens is 2. The number of hydrogen-bond donors (Lipinski definition) is 1. The van der Waals surface area contributed by atoms with Crippen LogP contribution in [0.1, 0.15) is 31.7 Å². The van der Waals surface area contributed by atoms with Crippen molar-refractivity contribution in [2.24, 2.45) is 5.92 Å². The average Bonchev–Trinajstić information content (AvgIpc) is 3.28. The van der Waals surface area contributed by atoms with E-state index in [1.54, 1.807) is 6.07 Å². The molecule has 4 heteroatoms. The van der Waals surface area contributed by atoms with Crippen molar-refractivity contribution in [1.29, 1.82) is 0 Å². The van der Waals surface area contributed by atoms with Gasteiger partial charge in [0.2, 0.25) is 0 Å². The highest BCUT2D eigenvalue weighted by atomic mass is 79.9. The van der Waals surface area contributed by atoms with Crippen LogP contribution < -0.4 is 5.32 Å². The Balaban J connectivity index is 1.76. The van der Waals surface area contributed by atoms with Crippen LogP contribution in [0.2, 0.25) is 0 Å². The molecule has 0 aromatic heterocycles. The first-order valence-electron chi connectivity index (χ1n) is 7.59. The summed E-state index contributed by atoms with van der Waals surface area (Å²) in [6.45, 7) is 5.22. The van der Waals surface area contributed by atoms with E-state index in [2.05, 4.69) is 33.1 Å². The van der Waals surface area contributed by atoms with Gasteiger partial charge in [0.15, 0.2) is 0 Å². The normalized spacial score (nSPS) is 27.8. The highest BCUT2D eigenvalue weighted by Gasteiger charge is 2.38. The molecule has 0 amide bonds. The quantitative estimate of drug-likeness (QED) is 0.901. The van der Waals surface area contributed by atoms with Gasteiger partial charge in [0.05, 0.1) is 4.47 Å². The third kappa shape index (κ3) is 3.07. The first-order valence-corrected chi connectivity index (χ1v) is 8.38. The van der Waals surface area contributed by atoms with Gasteiger partial charge in [0.1, 0.15) is 5.82 Å². The Morgan fingerprint density at radius 2 is 2.20 bits per heavy atom. The Kier molecular flexibility index (Phi) is 4.43. The summed E-state index contributed by atoms with van der Waals surface area (Å²) >= 11 is 3.39. The van der Waals surface area contributed by atoms with Crippen LogP contribution in [0.5, 0.6) is 0 Å². The molecular formula is C16H22BrFN2. The minimum atomic E-state index is -0.160. The largest absolute Gasteiger partial charge is 0.311 e. The second kappa shape index (κ2) is 6.12. The smallest absolute Gasteiger partial charge is 0.137 e. The Hall–Kier alpha value is -0.450. The van der Waals surface area contributed by atoms with Crippen molar-refractivity contribution in [3.8, 4) is 0 Å². The Morgan fingerprint density at radius 3 is 2.90 bits per heavy atom. The topological polar surface area (TPSA) is 15.3 Å². The molecule has 3 rings (SSSR count). The van der Waals surface area contributed by atoms with E-state index in [0.717, 1.165) is 37.5 Å². The van der Waals surface area contributed by atoms with E-state index in [9.17, 15) is 4.39 Å². The van der Waals surface area contributed by atoms with Gasteiger partial charge in [-0.3, -0.25) is 4.90 Å². The van der Waals surface area contributed by atoms with E-state index in [-0.39, 0.29) is 5.82 Å². The molecule has 1 aromatic rings. The van der Waals surface area contributed by atoms with Crippen LogP contribution in [-0.4, -0.2) is 30.1 Å². The first kappa shape index (κ1) is 14.5. The Morgan fingerprint density at radius 1 is 1.40 bits per heavy atom. The first-order chi connectivity index (χ1) is 9.69. The summed E-state index contributed by atoms with van der Waals surface area (Å²) < 4.78 is 14.3. The van der Waals surface area contributed by atoms with E-state index in [0.29, 0.717) is 16.6 Å². The predicted molar refractivity (Wildman–Crippen MR) is 83.1 cm³/mol. The maximum Gasteiger partial charge on any atom is 0.137 e. The Labute approximate surface area is 128 Å². The predicted octanol–water partition coefficient (Wildman–Crippen LogP) is 3.55. The molecule has 110 valence electrons. The molecule has 1 saturated carbocycles. The van der Waals surface area contributed by atoms with Crippen molar-refractivity contribution in [2.45, 2.75) is 44.8 Å². The summed E-state index contributed by atoms with van der Waals surface area (Å²) in [5.74, 6) is 0.681. The van der Waals surface area contributed by atoms with E-state index < -0.39 is 0 Å². The lowest BCUT2D eigenvalue weighted by molar-refractivity contribution is 0.105. The lowest BCUT2D eigenvalue weighted by atomic mass is 10.0.